The first kappa shape index (κ1) is 6.96. The molecule has 1 aliphatic heterocycles. The van der Waals surface area contributed by atoms with Crippen molar-refractivity contribution in [1.82, 2.24) is 4.90 Å². The molecule has 52 valence electrons. The van der Waals surface area contributed by atoms with E-state index in [9.17, 15) is 5.11 Å². The Morgan fingerprint density at radius 2 is 2.44 bits per heavy atom. The molecule has 1 atom stereocenters. The molecule has 1 N–H and O–H groups in total. The van der Waals surface area contributed by atoms with Crippen molar-refractivity contribution < 1.29 is 5.11 Å². The van der Waals surface area contributed by atoms with Gasteiger partial charge in [0.2, 0.25) is 0 Å². The van der Waals surface area contributed by atoms with Crippen LogP contribution in [0.1, 0.15) is 13.8 Å². The van der Waals surface area contributed by atoms with Gasteiger partial charge in [-0.3, -0.25) is 0 Å². The smallest absolute Gasteiger partial charge is 0.187 e. The molecule has 9 heavy (non-hydrogen) atoms. The molecule has 0 bridgehead atoms. The van der Waals surface area contributed by atoms with E-state index in [0.29, 0.717) is 0 Å². The van der Waals surface area contributed by atoms with Crippen LogP contribution in [-0.4, -0.2) is 21.6 Å². The third kappa shape index (κ3) is 1.22. The highest BCUT2D eigenvalue weighted by atomic mass is 32.2. The Kier molecular flexibility index (Phi) is 1.73. The minimum absolute atomic E-state index is 0.700. The molecule has 0 spiro atoms. The Morgan fingerprint density at radius 3 is 2.67 bits per heavy atom. The fraction of sp³-hybridized carbons (Fsp3) is 0.667. The first-order valence-corrected chi connectivity index (χ1v) is 3.88. The molecule has 0 aromatic carbocycles. The van der Waals surface area contributed by atoms with Gasteiger partial charge in [-0.05, 0) is 19.3 Å². The van der Waals surface area contributed by atoms with Crippen molar-refractivity contribution in [3.05, 3.63) is 11.6 Å². The van der Waals surface area contributed by atoms with Gasteiger partial charge >= 0.3 is 0 Å². The zero-order valence-electron chi connectivity index (χ0n) is 5.66. The maximum Gasteiger partial charge on any atom is 0.187 e. The summed E-state index contributed by atoms with van der Waals surface area (Å²) in [6, 6.07) is 0. The predicted octanol–water partition coefficient (Wildman–Crippen LogP) is 1.19. The highest BCUT2D eigenvalue weighted by Crippen LogP contribution is 2.32. The molecular formula is C6H11NOS. The van der Waals surface area contributed by atoms with Gasteiger partial charge in [0.05, 0.1) is 0 Å². The highest BCUT2D eigenvalue weighted by Gasteiger charge is 2.28. The molecule has 1 rings (SSSR count). The van der Waals surface area contributed by atoms with Gasteiger partial charge in [0.15, 0.2) is 5.06 Å². The van der Waals surface area contributed by atoms with Crippen LogP contribution in [0, 0.1) is 0 Å². The molecule has 1 heterocycles. The van der Waals surface area contributed by atoms with E-state index in [1.807, 2.05) is 23.4 Å². The number of rotatable bonds is 1. The summed E-state index contributed by atoms with van der Waals surface area (Å²) in [5.41, 5.74) is 0. The lowest BCUT2D eigenvalue weighted by Crippen LogP contribution is -2.36. The molecule has 1 aliphatic rings. The number of aliphatic hydroxyl groups is 1. The fourth-order valence-electron chi connectivity index (χ4n) is 0.838. The average molecular weight is 145 g/mol. The molecule has 0 saturated carbocycles. The van der Waals surface area contributed by atoms with Gasteiger partial charge < -0.3 is 10.0 Å². The van der Waals surface area contributed by atoms with E-state index >= 15 is 0 Å². The van der Waals surface area contributed by atoms with Crippen molar-refractivity contribution >= 4 is 11.8 Å². The summed E-state index contributed by atoms with van der Waals surface area (Å²) in [6.07, 6.45) is 1.91. The standard InChI is InChI=1S/C6H11NOS/c1-3-7-4-5-9-6(7,2)8/h4-5,8H,3H2,1-2H3. The number of hydrogen-bond donors (Lipinski definition) is 1. The first-order chi connectivity index (χ1) is 4.17. The molecule has 1 unspecified atom stereocenters. The lowest BCUT2D eigenvalue weighted by atomic mass is 10.5. The van der Waals surface area contributed by atoms with E-state index in [0.717, 1.165) is 6.54 Å². The van der Waals surface area contributed by atoms with Gasteiger partial charge in [-0.15, -0.1) is 0 Å². The number of nitrogens with zero attached hydrogens (tertiary/aromatic N) is 1. The largest absolute Gasteiger partial charge is 0.362 e. The predicted molar refractivity (Wildman–Crippen MR) is 39.7 cm³/mol. The van der Waals surface area contributed by atoms with Gasteiger partial charge in [0.1, 0.15) is 0 Å². The Morgan fingerprint density at radius 1 is 1.78 bits per heavy atom. The summed E-state index contributed by atoms with van der Waals surface area (Å²) in [6.45, 7) is 4.67. The monoisotopic (exact) mass is 145 g/mol. The lowest BCUT2D eigenvalue weighted by Gasteiger charge is -2.28. The van der Waals surface area contributed by atoms with Crippen LogP contribution in [0.3, 0.4) is 0 Å². The second kappa shape index (κ2) is 2.23. The summed E-state index contributed by atoms with van der Waals surface area (Å²) in [7, 11) is 0. The van der Waals surface area contributed by atoms with E-state index in [1.54, 1.807) is 6.92 Å². The summed E-state index contributed by atoms with van der Waals surface area (Å²) in [4.78, 5) is 1.89. The maximum atomic E-state index is 9.48. The van der Waals surface area contributed by atoms with Crippen LogP contribution in [-0.2, 0) is 0 Å². The third-order valence-electron chi connectivity index (χ3n) is 1.41. The Bertz CT molecular complexity index is 133. The zero-order valence-corrected chi connectivity index (χ0v) is 6.48. The van der Waals surface area contributed by atoms with Crippen molar-refractivity contribution in [2.45, 2.75) is 18.9 Å². The Labute approximate surface area is 59.5 Å². The topological polar surface area (TPSA) is 23.5 Å². The van der Waals surface area contributed by atoms with Gasteiger partial charge in [-0.1, -0.05) is 11.8 Å². The zero-order chi connectivity index (χ0) is 6.91. The van der Waals surface area contributed by atoms with Crippen molar-refractivity contribution in [3.8, 4) is 0 Å². The minimum Gasteiger partial charge on any atom is -0.362 e. The van der Waals surface area contributed by atoms with Crippen LogP contribution in [0.25, 0.3) is 0 Å². The first-order valence-electron chi connectivity index (χ1n) is 3.00. The quantitative estimate of drug-likeness (QED) is 0.599. The van der Waals surface area contributed by atoms with Gasteiger partial charge in [-0.2, -0.15) is 0 Å². The summed E-state index contributed by atoms with van der Waals surface area (Å²) >= 11 is 1.43. The second-order valence-corrected chi connectivity index (χ2v) is 3.40. The molecule has 0 amide bonds. The van der Waals surface area contributed by atoms with Crippen LogP contribution >= 0.6 is 11.8 Å². The fourth-order valence-corrected chi connectivity index (χ4v) is 1.63. The molecule has 0 radical (unpaired) electrons. The van der Waals surface area contributed by atoms with E-state index in [1.165, 1.54) is 11.8 Å². The van der Waals surface area contributed by atoms with Crippen LogP contribution in [0.5, 0.6) is 0 Å². The molecule has 0 aliphatic carbocycles. The van der Waals surface area contributed by atoms with Crippen molar-refractivity contribution in [1.29, 1.82) is 0 Å². The average Bonchev–Trinajstić information content (AvgIpc) is 2.08. The summed E-state index contributed by atoms with van der Waals surface area (Å²) in [5.74, 6) is 0. The third-order valence-corrected chi connectivity index (χ3v) is 2.34. The number of hydrogen-bond acceptors (Lipinski definition) is 3. The van der Waals surface area contributed by atoms with Crippen molar-refractivity contribution in [2.24, 2.45) is 0 Å². The maximum absolute atomic E-state index is 9.48. The van der Waals surface area contributed by atoms with Gasteiger partial charge in [0.25, 0.3) is 0 Å². The van der Waals surface area contributed by atoms with Crippen LogP contribution in [0.2, 0.25) is 0 Å². The van der Waals surface area contributed by atoms with Gasteiger partial charge in [0, 0.05) is 12.7 Å². The molecule has 2 nitrogen and oxygen atoms in total. The Hall–Kier alpha value is -0.150. The van der Waals surface area contributed by atoms with E-state index in [4.69, 9.17) is 0 Å². The SMILES string of the molecule is CCN1C=CSC1(C)O. The molecule has 0 aromatic heterocycles. The van der Waals surface area contributed by atoms with Crippen molar-refractivity contribution in [2.75, 3.05) is 6.54 Å². The lowest BCUT2D eigenvalue weighted by molar-refractivity contribution is 0.0277. The minimum atomic E-state index is -0.700. The van der Waals surface area contributed by atoms with Gasteiger partial charge in [-0.25, -0.2) is 0 Å². The highest BCUT2D eigenvalue weighted by molar-refractivity contribution is 8.03. The molecule has 0 fully saturated rings. The molecule has 3 heteroatoms. The summed E-state index contributed by atoms with van der Waals surface area (Å²) in [5, 5.41) is 10.7. The van der Waals surface area contributed by atoms with E-state index in [-0.39, 0.29) is 0 Å². The Balaban J connectivity index is 2.60. The normalized spacial score (nSPS) is 33.9. The molecular weight excluding hydrogens is 134 g/mol. The van der Waals surface area contributed by atoms with E-state index < -0.39 is 5.06 Å². The van der Waals surface area contributed by atoms with Crippen LogP contribution < -0.4 is 0 Å². The van der Waals surface area contributed by atoms with E-state index in [2.05, 4.69) is 0 Å². The van der Waals surface area contributed by atoms with Crippen LogP contribution in [0.15, 0.2) is 11.6 Å². The molecule has 0 saturated heterocycles. The second-order valence-electron chi connectivity index (χ2n) is 2.12. The van der Waals surface area contributed by atoms with Crippen LogP contribution in [0.4, 0.5) is 0 Å². The number of thioether (sulfide) groups is 1. The summed E-state index contributed by atoms with van der Waals surface area (Å²) < 4.78 is 0. The van der Waals surface area contributed by atoms with Crippen molar-refractivity contribution in [3.63, 3.8) is 0 Å². The molecule has 0 aromatic rings.